The molecule has 1 heterocycles. The van der Waals surface area contributed by atoms with Gasteiger partial charge in [0, 0.05) is 24.4 Å². The van der Waals surface area contributed by atoms with E-state index in [1.807, 2.05) is 0 Å². The summed E-state index contributed by atoms with van der Waals surface area (Å²) in [5, 5.41) is 11.3. The first-order chi connectivity index (χ1) is 13.4. The van der Waals surface area contributed by atoms with Crippen molar-refractivity contribution in [1.29, 1.82) is 0 Å². The third kappa shape index (κ3) is 4.58. The van der Waals surface area contributed by atoms with Gasteiger partial charge in [-0.15, -0.1) is 0 Å². The van der Waals surface area contributed by atoms with Crippen molar-refractivity contribution in [3.63, 3.8) is 0 Å². The number of ether oxygens (including phenoxy) is 2. The average molecular weight is 388 g/mol. The van der Waals surface area contributed by atoms with E-state index >= 15 is 0 Å². The number of hydrogen-bond donors (Lipinski definition) is 3. The van der Waals surface area contributed by atoms with Gasteiger partial charge in [-0.05, 0) is 38.0 Å². The Hall–Kier alpha value is -3.13. The summed E-state index contributed by atoms with van der Waals surface area (Å²) in [6.45, 7) is 3.58. The van der Waals surface area contributed by atoms with E-state index in [-0.39, 0.29) is 31.0 Å². The summed E-state index contributed by atoms with van der Waals surface area (Å²) in [6.07, 6.45) is 0.336. The van der Waals surface area contributed by atoms with Crippen LogP contribution in [0.1, 0.15) is 39.9 Å². The molecule has 0 atom stereocenters. The molecule has 0 aliphatic heterocycles. The lowest BCUT2D eigenvalue weighted by molar-refractivity contribution is -0.117. The first-order valence-corrected chi connectivity index (χ1v) is 8.92. The number of benzene rings is 1. The normalized spacial score (nSPS) is 10.4. The maximum absolute atomic E-state index is 12.7. The van der Waals surface area contributed by atoms with Crippen molar-refractivity contribution in [2.45, 2.75) is 20.3 Å². The zero-order valence-electron chi connectivity index (χ0n) is 16.1. The molecule has 3 N–H and O–H groups in total. The smallest absolute Gasteiger partial charge is 0.340 e. The predicted octanol–water partition coefficient (Wildman–Crippen LogP) is 1.86. The number of Topliss-reactive ketones (excluding diaryl/α,β-unsaturated/α-hetero) is 1. The molecule has 1 aromatic carbocycles. The van der Waals surface area contributed by atoms with E-state index in [0.29, 0.717) is 29.0 Å². The Balaban J connectivity index is 2.52. The van der Waals surface area contributed by atoms with Gasteiger partial charge >= 0.3 is 5.97 Å². The van der Waals surface area contributed by atoms with Gasteiger partial charge in [-0.25, -0.2) is 4.79 Å². The number of esters is 1. The number of carbonyl (C=O) groups excluding carboxylic acids is 3. The van der Waals surface area contributed by atoms with Crippen LogP contribution >= 0.6 is 0 Å². The molecule has 0 unspecified atom stereocenters. The van der Waals surface area contributed by atoms with E-state index in [1.165, 1.54) is 7.11 Å². The van der Waals surface area contributed by atoms with Crippen molar-refractivity contribution >= 4 is 17.7 Å². The molecule has 0 fully saturated rings. The number of rotatable bonds is 9. The number of aromatic amines is 1. The number of nitrogens with one attached hydrogen (secondary N) is 2. The molecule has 8 heteroatoms. The van der Waals surface area contributed by atoms with Crippen LogP contribution in [0.15, 0.2) is 24.3 Å². The maximum atomic E-state index is 12.7. The Bertz CT molecular complexity index is 854. The van der Waals surface area contributed by atoms with E-state index in [2.05, 4.69) is 10.3 Å². The van der Waals surface area contributed by atoms with Gasteiger partial charge in [0.1, 0.15) is 11.4 Å². The molecule has 150 valence electrons. The Morgan fingerprint density at radius 1 is 1.18 bits per heavy atom. The SMILES string of the molecule is CCOC(=O)c1c(C)[nH]c(C(=O)C(=O)NCCCO)c1-c1ccc(OC)cc1. The van der Waals surface area contributed by atoms with Crippen LogP contribution in [0.2, 0.25) is 0 Å². The Morgan fingerprint density at radius 3 is 2.43 bits per heavy atom. The minimum atomic E-state index is -0.820. The van der Waals surface area contributed by atoms with E-state index in [9.17, 15) is 14.4 Å². The van der Waals surface area contributed by atoms with Crippen LogP contribution in [0.5, 0.6) is 5.75 Å². The summed E-state index contributed by atoms with van der Waals surface area (Å²) < 4.78 is 10.3. The molecule has 1 amide bonds. The van der Waals surface area contributed by atoms with E-state index in [1.54, 1.807) is 38.1 Å². The predicted molar refractivity (Wildman–Crippen MR) is 103 cm³/mol. The second kappa shape index (κ2) is 9.70. The van der Waals surface area contributed by atoms with Gasteiger partial charge in [-0.1, -0.05) is 12.1 Å². The molecule has 8 nitrogen and oxygen atoms in total. The van der Waals surface area contributed by atoms with Crippen LogP contribution in [-0.4, -0.2) is 54.6 Å². The van der Waals surface area contributed by atoms with Crippen LogP contribution in [0.3, 0.4) is 0 Å². The van der Waals surface area contributed by atoms with Gasteiger partial charge in [0.05, 0.1) is 19.3 Å². The third-order valence-electron chi connectivity index (χ3n) is 4.10. The standard InChI is InChI=1S/C20H24N2O6/c1-4-28-20(26)15-12(2)22-17(18(24)19(25)21-10-5-11-23)16(15)13-6-8-14(27-3)9-7-13/h6-9,22-23H,4-5,10-11H2,1-3H3,(H,21,25). The first kappa shape index (κ1) is 21.2. The average Bonchev–Trinajstić information content (AvgIpc) is 3.04. The van der Waals surface area contributed by atoms with Crippen LogP contribution in [-0.2, 0) is 9.53 Å². The fourth-order valence-corrected chi connectivity index (χ4v) is 2.77. The number of hydrogen-bond acceptors (Lipinski definition) is 6. The highest BCUT2D eigenvalue weighted by Gasteiger charge is 2.29. The van der Waals surface area contributed by atoms with Gasteiger partial charge in [0.15, 0.2) is 0 Å². The lowest BCUT2D eigenvalue weighted by Gasteiger charge is -2.09. The quantitative estimate of drug-likeness (QED) is 0.261. The second-order valence-electron chi connectivity index (χ2n) is 5.99. The van der Waals surface area contributed by atoms with Crippen molar-refractivity contribution < 1.29 is 29.0 Å². The minimum Gasteiger partial charge on any atom is -0.497 e. The minimum absolute atomic E-state index is 0.00668. The Labute approximate surface area is 162 Å². The topological polar surface area (TPSA) is 118 Å². The molecule has 0 bridgehead atoms. The number of H-pyrrole nitrogens is 1. The molecule has 2 aromatic rings. The fraction of sp³-hybridized carbons (Fsp3) is 0.350. The molecule has 0 saturated heterocycles. The van der Waals surface area contributed by atoms with Gasteiger partial charge in [0.2, 0.25) is 0 Å². The second-order valence-corrected chi connectivity index (χ2v) is 5.99. The first-order valence-electron chi connectivity index (χ1n) is 8.92. The van der Waals surface area contributed by atoms with Crippen molar-refractivity contribution in [3.05, 3.63) is 41.2 Å². The van der Waals surface area contributed by atoms with Crippen LogP contribution in [0.25, 0.3) is 11.1 Å². The maximum Gasteiger partial charge on any atom is 0.340 e. The van der Waals surface area contributed by atoms with E-state index in [0.717, 1.165) is 0 Å². The molecule has 0 saturated carbocycles. The molecule has 1 aromatic heterocycles. The molecule has 0 radical (unpaired) electrons. The van der Waals surface area contributed by atoms with Gasteiger partial charge in [0.25, 0.3) is 11.7 Å². The third-order valence-corrected chi connectivity index (χ3v) is 4.10. The highest BCUT2D eigenvalue weighted by molar-refractivity contribution is 6.43. The van der Waals surface area contributed by atoms with Crippen LogP contribution < -0.4 is 10.1 Å². The summed E-state index contributed by atoms with van der Waals surface area (Å²) >= 11 is 0. The summed E-state index contributed by atoms with van der Waals surface area (Å²) in [5.74, 6) is -1.59. The summed E-state index contributed by atoms with van der Waals surface area (Å²) in [4.78, 5) is 40.3. The number of amides is 1. The van der Waals surface area contributed by atoms with Crippen molar-refractivity contribution in [1.82, 2.24) is 10.3 Å². The zero-order chi connectivity index (χ0) is 20.7. The number of aliphatic hydroxyl groups excluding tert-OH is 1. The number of aryl methyl sites for hydroxylation is 1. The summed E-state index contributed by atoms with van der Waals surface area (Å²) in [7, 11) is 1.53. The van der Waals surface area contributed by atoms with E-state index < -0.39 is 17.7 Å². The summed E-state index contributed by atoms with van der Waals surface area (Å²) in [6, 6.07) is 6.79. The van der Waals surface area contributed by atoms with Crippen molar-refractivity contribution in [2.75, 3.05) is 26.9 Å². The summed E-state index contributed by atoms with van der Waals surface area (Å²) in [5.41, 5.74) is 1.52. The number of carbonyl (C=O) groups is 3. The van der Waals surface area contributed by atoms with Crippen LogP contribution in [0, 0.1) is 6.92 Å². The zero-order valence-corrected chi connectivity index (χ0v) is 16.1. The highest BCUT2D eigenvalue weighted by atomic mass is 16.5. The lowest BCUT2D eigenvalue weighted by Crippen LogP contribution is -2.32. The number of aromatic nitrogens is 1. The Kier molecular flexibility index (Phi) is 7.34. The monoisotopic (exact) mass is 388 g/mol. The van der Waals surface area contributed by atoms with Crippen LogP contribution in [0.4, 0.5) is 0 Å². The van der Waals surface area contributed by atoms with E-state index in [4.69, 9.17) is 14.6 Å². The van der Waals surface area contributed by atoms with Crippen molar-refractivity contribution in [2.24, 2.45) is 0 Å². The lowest BCUT2D eigenvalue weighted by atomic mass is 9.98. The van der Waals surface area contributed by atoms with Gasteiger partial charge < -0.3 is 24.9 Å². The molecular formula is C20H24N2O6. The number of ketones is 1. The molecular weight excluding hydrogens is 364 g/mol. The molecule has 0 aliphatic carbocycles. The molecule has 0 spiro atoms. The molecule has 28 heavy (non-hydrogen) atoms. The molecule has 2 rings (SSSR count). The highest BCUT2D eigenvalue weighted by Crippen LogP contribution is 2.32. The fourth-order valence-electron chi connectivity index (χ4n) is 2.77. The largest absolute Gasteiger partial charge is 0.497 e. The molecule has 0 aliphatic rings. The Morgan fingerprint density at radius 2 is 1.86 bits per heavy atom. The van der Waals surface area contributed by atoms with Gasteiger partial charge in [-0.3, -0.25) is 9.59 Å². The van der Waals surface area contributed by atoms with Gasteiger partial charge in [-0.2, -0.15) is 0 Å². The number of methoxy groups -OCH3 is 1. The van der Waals surface area contributed by atoms with Crippen molar-refractivity contribution in [3.8, 4) is 16.9 Å². The number of aliphatic hydroxyl groups is 1.